The van der Waals surface area contributed by atoms with Crippen molar-refractivity contribution in [3.63, 3.8) is 0 Å². The molecule has 0 bridgehead atoms. The summed E-state index contributed by atoms with van der Waals surface area (Å²) in [6.07, 6.45) is 2.17. The summed E-state index contributed by atoms with van der Waals surface area (Å²) in [7, 11) is 1.63. The molecule has 1 aromatic rings. The number of hydrogen-bond acceptors (Lipinski definition) is 4. The topological polar surface area (TPSA) is 61.3 Å². The Morgan fingerprint density at radius 3 is 3.10 bits per heavy atom. The first-order valence-corrected chi connectivity index (χ1v) is 3.02. The standard InChI is InChI=1S/C6H10N2O2/c1-9-3-2-6-5(7)4-8-10-6/h4H,2-3,7H2,1H3. The number of nitrogens with two attached hydrogens (primary N) is 1. The third-order valence-electron chi connectivity index (χ3n) is 1.21. The fourth-order valence-corrected chi connectivity index (χ4v) is 0.656. The molecule has 1 aromatic heterocycles. The van der Waals surface area contributed by atoms with Crippen molar-refractivity contribution in [2.24, 2.45) is 0 Å². The van der Waals surface area contributed by atoms with Gasteiger partial charge >= 0.3 is 0 Å². The second kappa shape index (κ2) is 3.22. The summed E-state index contributed by atoms with van der Waals surface area (Å²) in [6, 6.07) is 0. The van der Waals surface area contributed by atoms with E-state index in [2.05, 4.69) is 5.16 Å². The highest BCUT2D eigenvalue weighted by Crippen LogP contribution is 2.09. The summed E-state index contributed by atoms with van der Waals surface area (Å²) < 4.78 is 9.64. The lowest BCUT2D eigenvalue weighted by molar-refractivity contribution is 0.193. The van der Waals surface area contributed by atoms with Gasteiger partial charge in [0.1, 0.15) is 0 Å². The molecule has 4 heteroatoms. The van der Waals surface area contributed by atoms with Gasteiger partial charge in [-0.1, -0.05) is 5.16 Å². The zero-order valence-electron chi connectivity index (χ0n) is 5.83. The maximum absolute atomic E-state index is 5.47. The Bertz CT molecular complexity index is 197. The Kier molecular flexibility index (Phi) is 2.28. The fourth-order valence-electron chi connectivity index (χ4n) is 0.656. The molecule has 0 aromatic carbocycles. The highest BCUT2D eigenvalue weighted by atomic mass is 16.5. The smallest absolute Gasteiger partial charge is 0.161 e. The van der Waals surface area contributed by atoms with Crippen LogP contribution in [0.2, 0.25) is 0 Å². The van der Waals surface area contributed by atoms with E-state index in [1.54, 1.807) is 7.11 Å². The van der Waals surface area contributed by atoms with Gasteiger partial charge in [0.25, 0.3) is 0 Å². The van der Waals surface area contributed by atoms with E-state index >= 15 is 0 Å². The van der Waals surface area contributed by atoms with E-state index in [1.807, 2.05) is 0 Å². The van der Waals surface area contributed by atoms with Crippen LogP contribution in [0.15, 0.2) is 10.7 Å². The van der Waals surface area contributed by atoms with Crippen molar-refractivity contribution in [2.45, 2.75) is 6.42 Å². The van der Waals surface area contributed by atoms with Crippen molar-refractivity contribution in [1.29, 1.82) is 0 Å². The first-order chi connectivity index (χ1) is 4.84. The van der Waals surface area contributed by atoms with Crippen LogP contribution < -0.4 is 5.73 Å². The van der Waals surface area contributed by atoms with Gasteiger partial charge in [-0.2, -0.15) is 0 Å². The minimum atomic E-state index is 0.594. The lowest BCUT2D eigenvalue weighted by Crippen LogP contribution is -1.95. The molecule has 1 heterocycles. The number of hydrogen-bond donors (Lipinski definition) is 1. The third-order valence-corrected chi connectivity index (χ3v) is 1.21. The van der Waals surface area contributed by atoms with E-state index in [-0.39, 0.29) is 0 Å². The predicted molar refractivity (Wildman–Crippen MR) is 36.5 cm³/mol. The number of anilines is 1. The SMILES string of the molecule is COCCc1oncc1N. The molecule has 0 amide bonds. The van der Waals surface area contributed by atoms with Gasteiger partial charge in [0.05, 0.1) is 18.5 Å². The zero-order valence-corrected chi connectivity index (χ0v) is 5.83. The maximum atomic E-state index is 5.47. The Hall–Kier alpha value is -1.03. The first kappa shape index (κ1) is 7.08. The van der Waals surface area contributed by atoms with Crippen molar-refractivity contribution < 1.29 is 9.26 Å². The Morgan fingerprint density at radius 2 is 2.60 bits per heavy atom. The summed E-state index contributed by atoms with van der Waals surface area (Å²) in [5.41, 5.74) is 6.06. The van der Waals surface area contributed by atoms with Crippen LogP contribution in [-0.4, -0.2) is 18.9 Å². The molecule has 0 aliphatic heterocycles. The van der Waals surface area contributed by atoms with Gasteiger partial charge in [-0.3, -0.25) is 0 Å². The van der Waals surface area contributed by atoms with Gasteiger partial charge in [0.15, 0.2) is 5.76 Å². The van der Waals surface area contributed by atoms with Crippen LogP contribution >= 0.6 is 0 Å². The van der Waals surface area contributed by atoms with Crippen LogP contribution in [0.3, 0.4) is 0 Å². The highest BCUT2D eigenvalue weighted by molar-refractivity contribution is 5.37. The van der Waals surface area contributed by atoms with E-state index < -0.39 is 0 Å². The number of aromatic nitrogens is 1. The van der Waals surface area contributed by atoms with Gasteiger partial charge in [0.2, 0.25) is 0 Å². The van der Waals surface area contributed by atoms with E-state index in [9.17, 15) is 0 Å². The molecule has 10 heavy (non-hydrogen) atoms. The number of nitrogen functional groups attached to an aromatic ring is 1. The first-order valence-electron chi connectivity index (χ1n) is 3.02. The number of methoxy groups -OCH3 is 1. The number of ether oxygens (including phenoxy) is 1. The van der Waals surface area contributed by atoms with E-state index in [0.29, 0.717) is 24.5 Å². The molecule has 0 spiro atoms. The van der Waals surface area contributed by atoms with Crippen LogP contribution in [0.25, 0.3) is 0 Å². The average molecular weight is 142 g/mol. The monoisotopic (exact) mass is 142 g/mol. The maximum Gasteiger partial charge on any atom is 0.161 e. The lowest BCUT2D eigenvalue weighted by Gasteiger charge is -1.93. The van der Waals surface area contributed by atoms with E-state index in [4.69, 9.17) is 15.0 Å². The summed E-state index contributed by atoms with van der Waals surface area (Å²) in [5, 5.41) is 3.52. The normalized spacial score (nSPS) is 10.1. The Morgan fingerprint density at radius 1 is 1.80 bits per heavy atom. The summed E-state index contributed by atoms with van der Waals surface area (Å²) >= 11 is 0. The van der Waals surface area contributed by atoms with Crippen molar-refractivity contribution in [2.75, 3.05) is 19.5 Å². The second-order valence-corrected chi connectivity index (χ2v) is 1.95. The highest BCUT2D eigenvalue weighted by Gasteiger charge is 2.02. The molecule has 0 atom stereocenters. The largest absolute Gasteiger partial charge is 0.395 e. The molecule has 0 saturated heterocycles. The quantitative estimate of drug-likeness (QED) is 0.665. The zero-order chi connectivity index (χ0) is 7.40. The summed E-state index contributed by atoms with van der Waals surface area (Å²) in [4.78, 5) is 0. The van der Waals surface area contributed by atoms with Crippen LogP contribution in [0.5, 0.6) is 0 Å². The molecule has 2 N–H and O–H groups in total. The van der Waals surface area contributed by atoms with Gasteiger partial charge in [0, 0.05) is 13.5 Å². The minimum Gasteiger partial charge on any atom is -0.395 e. The minimum absolute atomic E-state index is 0.594. The number of rotatable bonds is 3. The molecule has 0 aliphatic carbocycles. The Labute approximate surface area is 58.9 Å². The van der Waals surface area contributed by atoms with Crippen molar-refractivity contribution in [1.82, 2.24) is 5.16 Å². The molecule has 0 radical (unpaired) electrons. The third kappa shape index (κ3) is 1.48. The van der Waals surface area contributed by atoms with Crippen LogP contribution in [-0.2, 0) is 11.2 Å². The molecule has 56 valence electrons. The van der Waals surface area contributed by atoms with Crippen molar-refractivity contribution in [3.8, 4) is 0 Å². The predicted octanol–water partition coefficient (Wildman–Crippen LogP) is 0.446. The Balaban J connectivity index is 2.49. The molecule has 1 rings (SSSR count). The summed E-state index contributed by atoms with van der Waals surface area (Å²) in [6.45, 7) is 0.611. The second-order valence-electron chi connectivity index (χ2n) is 1.95. The van der Waals surface area contributed by atoms with E-state index in [1.165, 1.54) is 6.20 Å². The van der Waals surface area contributed by atoms with Crippen molar-refractivity contribution in [3.05, 3.63) is 12.0 Å². The molecule has 0 fully saturated rings. The molecular weight excluding hydrogens is 132 g/mol. The van der Waals surface area contributed by atoms with Crippen molar-refractivity contribution >= 4 is 5.69 Å². The van der Waals surface area contributed by atoms with Gasteiger partial charge < -0.3 is 15.0 Å². The molecule has 0 unspecified atom stereocenters. The van der Waals surface area contributed by atoms with Gasteiger partial charge in [-0.15, -0.1) is 0 Å². The van der Waals surface area contributed by atoms with Gasteiger partial charge in [-0.05, 0) is 0 Å². The lowest BCUT2D eigenvalue weighted by atomic mass is 10.3. The van der Waals surface area contributed by atoms with E-state index in [0.717, 1.165) is 0 Å². The fraction of sp³-hybridized carbons (Fsp3) is 0.500. The molecular formula is C6H10N2O2. The number of nitrogens with zero attached hydrogens (tertiary/aromatic N) is 1. The van der Waals surface area contributed by atoms with Gasteiger partial charge in [-0.25, -0.2) is 0 Å². The van der Waals surface area contributed by atoms with Crippen LogP contribution in [0.1, 0.15) is 5.76 Å². The molecule has 0 saturated carbocycles. The molecule has 4 nitrogen and oxygen atoms in total. The van der Waals surface area contributed by atoms with Crippen LogP contribution in [0, 0.1) is 0 Å². The molecule has 0 aliphatic rings. The average Bonchev–Trinajstić information content (AvgIpc) is 2.31. The summed E-state index contributed by atoms with van der Waals surface area (Å²) in [5.74, 6) is 0.696. The van der Waals surface area contributed by atoms with Crippen LogP contribution in [0.4, 0.5) is 5.69 Å².